The maximum absolute atomic E-state index is 9.82. The Morgan fingerprint density at radius 3 is 1.90 bits per heavy atom. The number of allylic oxidation sites excluding steroid dienone is 1. The molecule has 0 spiro atoms. The summed E-state index contributed by atoms with van der Waals surface area (Å²) in [4.78, 5) is 0. The molecular formula is C24H46O5. The molecule has 5 heteroatoms. The van der Waals surface area contributed by atoms with Gasteiger partial charge in [0.15, 0.2) is 0 Å². The minimum Gasteiger partial charge on any atom is -0.388 e. The molecule has 0 bridgehead atoms. The molecule has 5 nitrogen and oxygen atoms in total. The summed E-state index contributed by atoms with van der Waals surface area (Å²) in [6, 6.07) is 0. The van der Waals surface area contributed by atoms with Crippen LogP contribution in [-0.4, -0.2) is 59.6 Å². The van der Waals surface area contributed by atoms with E-state index in [0.29, 0.717) is 6.61 Å². The van der Waals surface area contributed by atoms with Crippen molar-refractivity contribution >= 4 is 0 Å². The number of rotatable bonds is 18. The van der Waals surface area contributed by atoms with Gasteiger partial charge in [0.25, 0.3) is 0 Å². The van der Waals surface area contributed by atoms with Gasteiger partial charge in [0.05, 0.1) is 19.8 Å². The van der Waals surface area contributed by atoms with E-state index in [0.717, 1.165) is 6.42 Å². The summed E-state index contributed by atoms with van der Waals surface area (Å²) in [7, 11) is 0. The van der Waals surface area contributed by atoms with Crippen LogP contribution in [0.15, 0.2) is 12.2 Å². The molecule has 1 heterocycles. The number of aliphatic hydroxyl groups excluding tert-OH is 3. The van der Waals surface area contributed by atoms with Crippen LogP contribution < -0.4 is 0 Å². The first-order valence-corrected chi connectivity index (χ1v) is 12.0. The zero-order valence-electron chi connectivity index (χ0n) is 18.6. The van der Waals surface area contributed by atoms with E-state index in [9.17, 15) is 15.3 Å². The summed E-state index contributed by atoms with van der Waals surface area (Å²) in [6.45, 7) is 2.99. The second-order valence-electron chi connectivity index (χ2n) is 8.46. The standard InChI is InChI=1S/C24H46O5/c1-2-3-4-5-6-7-8-9-10-11-12-13-14-15-16-17-18-28-20-22-24(27)23(26)21(25)19-29-22/h16-17,21-27H,2-15,18-20H2,1H3/b17-16+/t21-,22+,23+,24+/m1/s1. The molecule has 29 heavy (non-hydrogen) atoms. The molecule has 0 unspecified atom stereocenters. The van der Waals surface area contributed by atoms with Crippen molar-refractivity contribution < 1.29 is 24.8 Å². The van der Waals surface area contributed by atoms with Gasteiger partial charge >= 0.3 is 0 Å². The van der Waals surface area contributed by atoms with Gasteiger partial charge in [-0.1, -0.05) is 96.1 Å². The fraction of sp³-hybridized carbons (Fsp3) is 0.917. The number of aliphatic hydroxyl groups is 3. The second kappa shape index (κ2) is 18.3. The van der Waals surface area contributed by atoms with Crippen LogP contribution >= 0.6 is 0 Å². The van der Waals surface area contributed by atoms with Crippen molar-refractivity contribution in [2.75, 3.05) is 19.8 Å². The molecule has 0 aliphatic carbocycles. The predicted octanol–water partition coefficient (Wildman–Crippen LogP) is 4.52. The van der Waals surface area contributed by atoms with Crippen LogP contribution in [-0.2, 0) is 9.47 Å². The van der Waals surface area contributed by atoms with Gasteiger partial charge < -0.3 is 24.8 Å². The third-order valence-corrected chi connectivity index (χ3v) is 5.74. The number of hydrogen-bond donors (Lipinski definition) is 3. The van der Waals surface area contributed by atoms with Crippen molar-refractivity contribution in [2.24, 2.45) is 0 Å². The fourth-order valence-corrected chi connectivity index (χ4v) is 3.73. The van der Waals surface area contributed by atoms with E-state index < -0.39 is 24.4 Å². The largest absolute Gasteiger partial charge is 0.388 e. The Hall–Kier alpha value is -0.460. The molecule has 1 fully saturated rings. The van der Waals surface area contributed by atoms with Gasteiger partial charge in [-0.25, -0.2) is 0 Å². The third-order valence-electron chi connectivity index (χ3n) is 5.74. The van der Waals surface area contributed by atoms with E-state index in [1.807, 2.05) is 6.08 Å². The lowest BCUT2D eigenvalue weighted by atomic mass is 10.0. The normalized spacial score (nSPS) is 25.1. The molecule has 0 radical (unpaired) electrons. The Morgan fingerprint density at radius 1 is 0.759 bits per heavy atom. The Balaban J connectivity index is 1.81. The summed E-state index contributed by atoms with van der Waals surface area (Å²) >= 11 is 0. The summed E-state index contributed by atoms with van der Waals surface area (Å²) in [6.07, 6.45) is 19.2. The van der Waals surface area contributed by atoms with Crippen LogP contribution in [0.3, 0.4) is 0 Å². The molecular weight excluding hydrogens is 368 g/mol. The highest BCUT2D eigenvalue weighted by Crippen LogP contribution is 2.16. The molecule has 1 aliphatic heterocycles. The molecule has 1 saturated heterocycles. The zero-order chi connectivity index (χ0) is 21.2. The Labute approximate surface area is 178 Å². The highest BCUT2D eigenvalue weighted by molar-refractivity contribution is 4.87. The van der Waals surface area contributed by atoms with E-state index in [1.54, 1.807) is 0 Å². The van der Waals surface area contributed by atoms with Gasteiger partial charge in [0, 0.05) is 0 Å². The van der Waals surface area contributed by atoms with Gasteiger partial charge in [0.1, 0.15) is 24.4 Å². The minimum absolute atomic E-state index is 0.0289. The Bertz CT molecular complexity index is 387. The average Bonchev–Trinajstić information content (AvgIpc) is 2.72. The van der Waals surface area contributed by atoms with Crippen LogP contribution in [0.1, 0.15) is 96.8 Å². The summed E-state index contributed by atoms with van der Waals surface area (Å²) in [5.74, 6) is 0. The predicted molar refractivity (Wildman–Crippen MR) is 118 cm³/mol. The maximum Gasteiger partial charge on any atom is 0.111 e. The van der Waals surface area contributed by atoms with Gasteiger partial charge in [-0.15, -0.1) is 0 Å². The highest BCUT2D eigenvalue weighted by atomic mass is 16.6. The van der Waals surface area contributed by atoms with Crippen LogP contribution in [0.2, 0.25) is 0 Å². The van der Waals surface area contributed by atoms with E-state index in [-0.39, 0.29) is 13.2 Å². The molecule has 0 aromatic heterocycles. The number of ether oxygens (including phenoxy) is 2. The monoisotopic (exact) mass is 414 g/mol. The lowest BCUT2D eigenvalue weighted by Crippen LogP contribution is -2.54. The van der Waals surface area contributed by atoms with Crippen molar-refractivity contribution in [3.05, 3.63) is 12.2 Å². The van der Waals surface area contributed by atoms with E-state index in [4.69, 9.17) is 9.47 Å². The molecule has 0 aromatic rings. The van der Waals surface area contributed by atoms with Crippen LogP contribution in [0.25, 0.3) is 0 Å². The molecule has 0 aromatic carbocycles. The number of hydrogen-bond acceptors (Lipinski definition) is 5. The van der Waals surface area contributed by atoms with E-state index in [2.05, 4.69) is 13.0 Å². The summed E-state index contributed by atoms with van der Waals surface area (Å²) < 4.78 is 10.8. The summed E-state index contributed by atoms with van der Waals surface area (Å²) in [5, 5.41) is 28.8. The number of unbranched alkanes of at least 4 members (excludes halogenated alkanes) is 13. The maximum atomic E-state index is 9.82. The van der Waals surface area contributed by atoms with Crippen LogP contribution in [0.5, 0.6) is 0 Å². The zero-order valence-corrected chi connectivity index (χ0v) is 18.6. The topological polar surface area (TPSA) is 79.2 Å². The molecule has 3 N–H and O–H groups in total. The van der Waals surface area contributed by atoms with Gasteiger partial charge in [-0.2, -0.15) is 0 Å². The third kappa shape index (κ3) is 13.5. The SMILES string of the molecule is CCCCCCCCCCCCCCC/C=C/COC[C@@H]1OC[C@@H](O)[C@H](O)[C@H]1O. The Kier molecular flexibility index (Phi) is 16.8. The summed E-state index contributed by atoms with van der Waals surface area (Å²) in [5.41, 5.74) is 0. The second-order valence-corrected chi connectivity index (χ2v) is 8.46. The van der Waals surface area contributed by atoms with Crippen LogP contribution in [0, 0.1) is 0 Å². The van der Waals surface area contributed by atoms with E-state index in [1.165, 1.54) is 83.5 Å². The minimum atomic E-state index is -1.16. The quantitative estimate of drug-likeness (QED) is 0.227. The average molecular weight is 415 g/mol. The van der Waals surface area contributed by atoms with Crippen molar-refractivity contribution in [3.63, 3.8) is 0 Å². The first kappa shape index (κ1) is 26.6. The Morgan fingerprint density at radius 2 is 1.31 bits per heavy atom. The highest BCUT2D eigenvalue weighted by Gasteiger charge is 2.37. The lowest BCUT2D eigenvalue weighted by molar-refractivity contribution is -0.198. The first-order valence-electron chi connectivity index (χ1n) is 12.0. The molecule has 0 saturated carbocycles. The van der Waals surface area contributed by atoms with Crippen molar-refractivity contribution in [1.82, 2.24) is 0 Å². The van der Waals surface area contributed by atoms with Crippen LogP contribution in [0.4, 0.5) is 0 Å². The lowest BCUT2D eigenvalue weighted by Gasteiger charge is -2.34. The van der Waals surface area contributed by atoms with Gasteiger partial charge in [-0.05, 0) is 12.8 Å². The fourth-order valence-electron chi connectivity index (χ4n) is 3.73. The molecule has 0 amide bonds. The molecule has 4 atom stereocenters. The van der Waals surface area contributed by atoms with Crippen molar-refractivity contribution in [1.29, 1.82) is 0 Å². The van der Waals surface area contributed by atoms with Crippen molar-refractivity contribution in [3.8, 4) is 0 Å². The van der Waals surface area contributed by atoms with Crippen molar-refractivity contribution in [2.45, 2.75) is 121 Å². The smallest absolute Gasteiger partial charge is 0.111 e. The van der Waals surface area contributed by atoms with Gasteiger partial charge in [-0.3, -0.25) is 0 Å². The van der Waals surface area contributed by atoms with Gasteiger partial charge in [0.2, 0.25) is 0 Å². The molecule has 1 aliphatic rings. The first-order chi connectivity index (χ1) is 14.2. The molecule has 1 rings (SSSR count). The van der Waals surface area contributed by atoms with E-state index >= 15 is 0 Å². The molecule has 172 valence electrons.